The van der Waals surface area contributed by atoms with Crippen molar-refractivity contribution in [3.63, 3.8) is 0 Å². The molecule has 0 aliphatic carbocycles. The van der Waals surface area contributed by atoms with Crippen molar-refractivity contribution in [2.24, 2.45) is 5.92 Å². The predicted molar refractivity (Wildman–Crippen MR) is 97.0 cm³/mol. The number of piperidine rings is 1. The number of anilines is 2. The zero-order valence-electron chi connectivity index (χ0n) is 14.3. The Morgan fingerprint density at radius 1 is 1.40 bits per heavy atom. The number of H-pyrrole nitrogens is 1. The SMILES string of the molecule is CCN(C(=O)N[C@@H]1C[C@H](C)CN(c2nn[nH]n2)C1)c1ccc(Cl)cc1. The van der Waals surface area contributed by atoms with Crippen molar-refractivity contribution in [2.75, 3.05) is 29.4 Å². The molecule has 1 fully saturated rings. The number of urea groups is 1. The minimum Gasteiger partial charge on any atom is -0.336 e. The Morgan fingerprint density at radius 2 is 2.16 bits per heavy atom. The highest BCUT2D eigenvalue weighted by atomic mass is 35.5. The first-order chi connectivity index (χ1) is 12.1. The maximum absolute atomic E-state index is 12.7. The molecule has 2 aromatic rings. The maximum Gasteiger partial charge on any atom is 0.322 e. The number of aromatic nitrogens is 4. The highest BCUT2D eigenvalue weighted by Gasteiger charge is 2.29. The van der Waals surface area contributed by atoms with E-state index < -0.39 is 0 Å². The van der Waals surface area contributed by atoms with Gasteiger partial charge in [-0.2, -0.15) is 5.21 Å². The van der Waals surface area contributed by atoms with Crippen LogP contribution in [0.25, 0.3) is 0 Å². The fourth-order valence-electron chi connectivity index (χ4n) is 3.23. The van der Waals surface area contributed by atoms with Gasteiger partial charge in [-0.1, -0.05) is 23.6 Å². The molecule has 2 N–H and O–H groups in total. The number of hydrogen-bond acceptors (Lipinski definition) is 5. The van der Waals surface area contributed by atoms with Crippen molar-refractivity contribution in [3.05, 3.63) is 29.3 Å². The molecule has 25 heavy (non-hydrogen) atoms. The van der Waals surface area contributed by atoms with Crippen LogP contribution >= 0.6 is 11.6 Å². The molecular formula is C16H22ClN7O. The van der Waals surface area contributed by atoms with E-state index in [-0.39, 0.29) is 12.1 Å². The number of amides is 2. The molecule has 1 aliphatic rings. The Hall–Kier alpha value is -2.35. The van der Waals surface area contributed by atoms with Crippen molar-refractivity contribution >= 4 is 29.3 Å². The van der Waals surface area contributed by atoms with Crippen LogP contribution in [0.1, 0.15) is 20.3 Å². The number of tetrazole rings is 1. The molecule has 2 atom stereocenters. The van der Waals surface area contributed by atoms with Crippen LogP contribution < -0.4 is 15.1 Å². The normalized spacial score (nSPS) is 20.4. The number of aromatic amines is 1. The van der Waals surface area contributed by atoms with Gasteiger partial charge >= 0.3 is 6.03 Å². The average Bonchev–Trinajstić information content (AvgIpc) is 3.11. The molecule has 0 saturated carbocycles. The smallest absolute Gasteiger partial charge is 0.322 e. The molecule has 0 spiro atoms. The summed E-state index contributed by atoms with van der Waals surface area (Å²) in [5, 5.41) is 17.9. The van der Waals surface area contributed by atoms with E-state index in [1.807, 2.05) is 24.0 Å². The van der Waals surface area contributed by atoms with Crippen LogP contribution in [-0.4, -0.2) is 52.3 Å². The summed E-state index contributed by atoms with van der Waals surface area (Å²) in [6.45, 7) is 6.18. The second-order valence-electron chi connectivity index (χ2n) is 6.32. The van der Waals surface area contributed by atoms with Crippen molar-refractivity contribution in [1.29, 1.82) is 0 Å². The molecule has 3 rings (SSSR count). The highest BCUT2D eigenvalue weighted by Crippen LogP contribution is 2.21. The largest absolute Gasteiger partial charge is 0.336 e. The summed E-state index contributed by atoms with van der Waals surface area (Å²) in [6, 6.07) is 7.18. The second kappa shape index (κ2) is 7.69. The van der Waals surface area contributed by atoms with Gasteiger partial charge in [0.05, 0.1) is 0 Å². The van der Waals surface area contributed by atoms with Crippen LogP contribution in [0.15, 0.2) is 24.3 Å². The lowest BCUT2D eigenvalue weighted by atomic mass is 9.96. The van der Waals surface area contributed by atoms with Crippen molar-refractivity contribution in [2.45, 2.75) is 26.3 Å². The third kappa shape index (κ3) is 4.19. The molecular weight excluding hydrogens is 342 g/mol. The minimum atomic E-state index is -0.114. The molecule has 9 heteroatoms. The number of hydrogen-bond donors (Lipinski definition) is 2. The van der Waals surface area contributed by atoms with E-state index in [9.17, 15) is 4.79 Å². The number of benzene rings is 1. The molecule has 0 unspecified atom stereocenters. The van der Waals surface area contributed by atoms with Gasteiger partial charge in [-0.15, -0.1) is 5.10 Å². The van der Waals surface area contributed by atoms with Crippen LogP contribution in [0.5, 0.6) is 0 Å². The fourth-order valence-corrected chi connectivity index (χ4v) is 3.35. The van der Waals surface area contributed by atoms with E-state index in [4.69, 9.17) is 11.6 Å². The van der Waals surface area contributed by atoms with Gasteiger partial charge in [0.2, 0.25) is 0 Å². The zero-order valence-corrected chi connectivity index (χ0v) is 15.1. The van der Waals surface area contributed by atoms with Crippen molar-refractivity contribution in [1.82, 2.24) is 25.9 Å². The Labute approximate surface area is 151 Å². The molecule has 8 nitrogen and oxygen atoms in total. The predicted octanol–water partition coefficient (Wildman–Crippen LogP) is 2.30. The van der Waals surface area contributed by atoms with E-state index in [2.05, 4.69) is 32.9 Å². The maximum atomic E-state index is 12.7. The van der Waals surface area contributed by atoms with Crippen LogP contribution in [0.4, 0.5) is 16.4 Å². The summed E-state index contributed by atoms with van der Waals surface area (Å²) in [6.07, 6.45) is 0.915. The quantitative estimate of drug-likeness (QED) is 0.869. The summed E-state index contributed by atoms with van der Waals surface area (Å²) in [5.74, 6) is 0.985. The molecule has 1 aromatic carbocycles. The van der Waals surface area contributed by atoms with Gasteiger partial charge in [0.15, 0.2) is 0 Å². The second-order valence-corrected chi connectivity index (χ2v) is 6.76. The summed E-state index contributed by atoms with van der Waals surface area (Å²) in [4.78, 5) is 16.5. The van der Waals surface area contributed by atoms with E-state index >= 15 is 0 Å². The van der Waals surface area contributed by atoms with E-state index in [1.165, 1.54) is 0 Å². The molecule has 134 valence electrons. The molecule has 2 amide bonds. The standard InChI is InChI=1S/C16H22ClN7O/c1-3-24(14-6-4-12(17)5-7-14)16(25)18-13-8-11(2)9-23(10-13)15-19-21-22-20-15/h4-7,11,13H,3,8-10H2,1-2H3,(H,18,25)(H,19,20,21,22)/t11-,13+/m0/s1. The first kappa shape index (κ1) is 17.5. The third-order valence-corrected chi connectivity index (χ3v) is 4.56. The lowest BCUT2D eigenvalue weighted by molar-refractivity contribution is 0.238. The molecule has 1 aliphatic heterocycles. The first-order valence-corrected chi connectivity index (χ1v) is 8.76. The average molecular weight is 364 g/mol. The summed E-state index contributed by atoms with van der Waals surface area (Å²) in [5.41, 5.74) is 0.822. The monoisotopic (exact) mass is 363 g/mol. The topological polar surface area (TPSA) is 90.0 Å². The summed E-state index contributed by atoms with van der Waals surface area (Å²) in [7, 11) is 0. The summed E-state index contributed by atoms with van der Waals surface area (Å²) < 4.78 is 0. The zero-order chi connectivity index (χ0) is 17.8. The van der Waals surface area contributed by atoms with Crippen LogP contribution in [0.2, 0.25) is 5.02 Å². The van der Waals surface area contributed by atoms with E-state index in [1.54, 1.807) is 17.0 Å². The number of rotatable bonds is 4. The Kier molecular flexibility index (Phi) is 5.37. The lowest BCUT2D eigenvalue weighted by Gasteiger charge is -2.36. The third-order valence-electron chi connectivity index (χ3n) is 4.30. The lowest BCUT2D eigenvalue weighted by Crippen LogP contribution is -2.53. The van der Waals surface area contributed by atoms with E-state index in [0.29, 0.717) is 30.0 Å². The van der Waals surface area contributed by atoms with Gasteiger partial charge in [0, 0.05) is 36.4 Å². The molecule has 0 bridgehead atoms. The molecule has 1 aromatic heterocycles. The molecule has 0 radical (unpaired) electrons. The van der Waals surface area contributed by atoms with Gasteiger partial charge in [0.25, 0.3) is 5.95 Å². The van der Waals surface area contributed by atoms with Gasteiger partial charge < -0.3 is 10.2 Å². The van der Waals surface area contributed by atoms with Gasteiger partial charge in [-0.25, -0.2) is 4.79 Å². The summed E-state index contributed by atoms with van der Waals surface area (Å²) >= 11 is 5.93. The number of halogens is 1. The number of nitrogens with one attached hydrogen (secondary N) is 2. The number of nitrogens with zero attached hydrogens (tertiary/aromatic N) is 5. The van der Waals surface area contributed by atoms with Crippen LogP contribution in [0.3, 0.4) is 0 Å². The molecule has 1 saturated heterocycles. The van der Waals surface area contributed by atoms with E-state index in [0.717, 1.165) is 18.7 Å². The van der Waals surface area contributed by atoms with Crippen molar-refractivity contribution < 1.29 is 4.79 Å². The van der Waals surface area contributed by atoms with Crippen molar-refractivity contribution in [3.8, 4) is 0 Å². The highest BCUT2D eigenvalue weighted by molar-refractivity contribution is 6.30. The molecule has 2 heterocycles. The van der Waals surface area contributed by atoms with Gasteiger partial charge in [-0.05, 0) is 48.7 Å². The van der Waals surface area contributed by atoms with Gasteiger partial charge in [-0.3, -0.25) is 4.90 Å². The Bertz CT molecular complexity index is 691. The minimum absolute atomic E-state index is 0.0242. The Balaban J connectivity index is 1.67. The van der Waals surface area contributed by atoms with Crippen LogP contribution in [0, 0.1) is 5.92 Å². The number of carbonyl (C=O) groups excluding carboxylic acids is 1. The fraction of sp³-hybridized carbons (Fsp3) is 0.500. The Morgan fingerprint density at radius 3 is 2.80 bits per heavy atom. The van der Waals surface area contributed by atoms with Crippen LogP contribution in [-0.2, 0) is 0 Å². The van der Waals surface area contributed by atoms with Gasteiger partial charge in [0.1, 0.15) is 0 Å². The number of carbonyl (C=O) groups is 1. The first-order valence-electron chi connectivity index (χ1n) is 8.38.